The molecule has 29 heavy (non-hydrogen) atoms. The van der Waals surface area contributed by atoms with E-state index in [1.165, 1.54) is 5.56 Å². The van der Waals surface area contributed by atoms with E-state index >= 15 is 0 Å². The summed E-state index contributed by atoms with van der Waals surface area (Å²) in [5, 5.41) is 6.84. The van der Waals surface area contributed by atoms with Gasteiger partial charge in [-0.15, -0.1) is 0 Å². The van der Waals surface area contributed by atoms with Crippen molar-refractivity contribution < 1.29 is 4.74 Å². The third-order valence-corrected chi connectivity index (χ3v) is 5.10. The molecule has 0 atom stereocenters. The van der Waals surface area contributed by atoms with Crippen LogP contribution in [0.3, 0.4) is 0 Å². The second-order valence-corrected chi connectivity index (χ2v) is 7.53. The van der Waals surface area contributed by atoms with Crippen molar-refractivity contribution in [3.8, 4) is 0 Å². The van der Waals surface area contributed by atoms with E-state index in [0.29, 0.717) is 12.5 Å². The van der Waals surface area contributed by atoms with Gasteiger partial charge in [0.2, 0.25) is 5.95 Å². The summed E-state index contributed by atoms with van der Waals surface area (Å²) in [4.78, 5) is 16.4. The highest BCUT2D eigenvalue weighted by molar-refractivity contribution is 5.84. The molecule has 1 aliphatic heterocycles. The summed E-state index contributed by atoms with van der Waals surface area (Å²) in [5.74, 6) is 1.39. The van der Waals surface area contributed by atoms with Gasteiger partial charge < -0.3 is 19.9 Å². The fraction of sp³-hybridized carbons (Fsp3) is 0.476. The van der Waals surface area contributed by atoms with Crippen molar-refractivity contribution in [2.24, 2.45) is 0 Å². The van der Waals surface area contributed by atoms with Crippen LogP contribution in [-0.2, 0) is 11.3 Å². The van der Waals surface area contributed by atoms with Crippen LogP contribution in [0.25, 0.3) is 11.2 Å². The zero-order valence-corrected chi connectivity index (χ0v) is 17.1. The Labute approximate surface area is 171 Å². The molecule has 1 aromatic carbocycles. The fourth-order valence-corrected chi connectivity index (χ4v) is 3.43. The zero-order valence-electron chi connectivity index (χ0n) is 17.1. The van der Waals surface area contributed by atoms with Crippen molar-refractivity contribution in [2.45, 2.75) is 26.4 Å². The second-order valence-electron chi connectivity index (χ2n) is 7.53. The first-order chi connectivity index (χ1) is 14.2. The molecule has 0 aliphatic carbocycles. The van der Waals surface area contributed by atoms with E-state index in [-0.39, 0.29) is 6.04 Å². The summed E-state index contributed by atoms with van der Waals surface area (Å²) in [6, 6.07) is 10.6. The van der Waals surface area contributed by atoms with Crippen LogP contribution in [0.4, 0.5) is 11.8 Å². The van der Waals surface area contributed by atoms with Gasteiger partial charge in [-0.05, 0) is 19.4 Å². The Kier molecular flexibility index (Phi) is 6.21. The molecule has 0 radical (unpaired) electrons. The first kappa shape index (κ1) is 19.6. The summed E-state index contributed by atoms with van der Waals surface area (Å²) in [5.41, 5.74) is 2.84. The standard InChI is InChI=1S/C21H29N7O/c1-16(2)28-15-24-18-19(23-14-17-6-4-3-5-7-17)25-21(26-20(18)28)22-8-9-27-10-12-29-13-11-27/h3-7,15-16H,8-14H2,1-2H3,(H2,22,23,25,26). The Morgan fingerprint density at radius 2 is 1.86 bits per heavy atom. The van der Waals surface area contributed by atoms with E-state index in [2.05, 4.69) is 51.1 Å². The highest BCUT2D eigenvalue weighted by Gasteiger charge is 2.15. The predicted octanol–water partition coefficient (Wildman–Crippen LogP) is 2.76. The van der Waals surface area contributed by atoms with E-state index in [0.717, 1.165) is 56.4 Å². The molecule has 3 aromatic rings. The van der Waals surface area contributed by atoms with Gasteiger partial charge in [-0.25, -0.2) is 4.98 Å². The molecule has 0 amide bonds. The van der Waals surface area contributed by atoms with Gasteiger partial charge in [-0.3, -0.25) is 4.90 Å². The number of rotatable bonds is 8. The maximum Gasteiger partial charge on any atom is 0.226 e. The van der Waals surface area contributed by atoms with Crippen molar-refractivity contribution in [3.05, 3.63) is 42.2 Å². The lowest BCUT2D eigenvalue weighted by Crippen LogP contribution is -2.39. The fourth-order valence-electron chi connectivity index (χ4n) is 3.43. The maximum atomic E-state index is 5.41. The average Bonchev–Trinajstić information content (AvgIpc) is 3.18. The summed E-state index contributed by atoms with van der Waals surface area (Å²) in [6.45, 7) is 10.3. The molecule has 3 heterocycles. The number of nitrogens with zero attached hydrogens (tertiary/aromatic N) is 5. The molecule has 0 bridgehead atoms. The van der Waals surface area contributed by atoms with Gasteiger partial charge >= 0.3 is 0 Å². The number of benzene rings is 1. The van der Waals surface area contributed by atoms with E-state index in [4.69, 9.17) is 14.7 Å². The molecule has 2 N–H and O–H groups in total. The maximum absolute atomic E-state index is 5.41. The summed E-state index contributed by atoms with van der Waals surface area (Å²) >= 11 is 0. The summed E-state index contributed by atoms with van der Waals surface area (Å²) in [7, 11) is 0. The minimum Gasteiger partial charge on any atom is -0.379 e. The van der Waals surface area contributed by atoms with Gasteiger partial charge in [0.25, 0.3) is 0 Å². The second kappa shape index (κ2) is 9.19. The van der Waals surface area contributed by atoms with Gasteiger partial charge in [0, 0.05) is 38.8 Å². The Hall–Kier alpha value is -2.71. The minimum absolute atomic E-state index is 0.276. The van der Waals surface area contributed by atoms with Crippen molar-refractivity contribution >= 4 is 22.9 Å². The summed E-state index contributed by atoms with van der Waals surface area (Å²) < 4.78 is 7.49. The number of aromatic nitrogens is 4. The van der Waals surface area contributed by atoms with E-state index in [9.17, 15) is 0 Å². The van der Waals surface area contributed by atoms with Crippen LogP contribution in [0.2, 0.25) is 0 Å². The Balaban J connectivity index is 1.52. The molecule has 1 saturated heterocycles. The van der Waals surface area contributed by atoms with Crippen LogP contribution < -0.4 is 10.6 Å². The molecule has 0 unspecified atom stereocenters. The Bertz CT molecular complexity index is 919. The molecule has 0 saturated carbocycles. The van der Waals surface area contributed by atoms with Crippen molar-refractivity contribution in [1.29, 1.82) is 0 Å². The van der Waals surface area contributed by atoms with Crippen molar-refractivity contribution in [1.82, 2.24) is 24.4 Å². The highest BCUT2D eigenvalue weighted by Crippen LogP contribution is 2.23. The predicted molar refractivity (Wildman–Crippen MR) is 115 cm³/mol. The lowest BCUT2D eigenvalue weighted by Gasteiger charge is -2.26. The minimum atomic E-state index is 0.276. The number of hydrogen-bond donors (Lipinski definition) is 2. The van der Waals surface area contributed by atoms with E-state index in [1.807, 2.05) is 24.5 Å². The number of anilines is 2. The molecule has 0 spiro atoms. The first-order valence-corrected chi connectivity index (χ1v) is 10.3. The van der Waals surface area contributed by atoms with Crippen LogP contribution in [0, 0.1) is 0 Å². The monoisotopic (exact) mass is 395 g/mol. The SMILES string of the molecule is CC(C)n1cnc2c(NCc3ccccc3)nc(NCCN3CCOCC3)nc21. The topological polar surface area (TPSA) is 80.1 Å². The molecule has 8 heteroatoms. The van der Waals surface area contributed by atoms with E-state index in [1.54, 1.807) is 0 Å². The highest BCUT2D eigenvalue weighted by atomic mass is 16.5. The molecule has 4 rings (SSSR count). The van der Waals surface area contributed by atoms with Crippen LogP contribution in [0.5, 0.6) is 0 Å². The molecule has 8 nitrogen and oxygen atoms in total. The van der Waals surface area contributed by atoms with E-state index < -0.39 is 0 Å². The number of nitrogens with one attached hydrogen (secondary N) is 2. The van der Waals surface area contributed by atoms with Gasteiger partial charge in [-0.2, -0.15) is 9.97 Å². The van der Waals surface area contributed by atoms with Gasteiger partial charge in [0.1, 0.15) is 0 Å². The first-order valence-electron chi connectivity index (χ1n) is 10.3. The van der Waals surface area contributed by atoms with Crippen molar-refractivity contribution in [2.75, 3.05) is 50.0 Å². The Morgan fingerprint density at radius 1 is 1.07 bits per heavy atom. The van der Waals surface area contributed by atoms with Gasteiger partial charge in [0.15, 0.2) is 17.0 Å². The summed E-state index contributed by atoms with van der Waals surface area (Å²) in [6.07, 6.45) is 1.84. The number of hydrogen-bond acceptors (Lipinski definition) is 7. The van der Waals surface area contributed by atoms with Crippen LogP contribution in [0.15, 0.2) is 36.7 Å². The lowest BCUT2D eigenvalue weighted by molar-refractivity contribution is 0.0398. The third kappa shape index (κ3) is 4.83. The zero-order chi connectivity index (χ0) is 20.1. The van der Waals surface area contributed by atoms with Crippen LogP contribution in [0.1, 0.15) is 25.5 Å². The van der Waals surface area contributed by atoms with Gasteiger partial charge in [0.05, 0.1) is 19.5 Å². The third-order valence-electron chi connectivity index (χ3n) is 5.10. The molecule has 1 fully saturated rings. The molecular formula is C21H29N7O. The number of ether oxygens (including phenoxy) is 1. The average molecular weight is 396 g/mol. The number of imidazole rings is 1. The quantitative estimate of drug-likeness (QED) is 0.607. The molecule has 154 valence electrons. The van der Waals surface area contributed by atoms with Crippen LogP contribution >= 0.6 is 0 Å². The van der Waals surface area contributed by atoms with Crippen LogP contribution in [-0.4, -0.2) is 63.8 Å². The molecular weight excluding hydrogens is 366 g/mol. The molecule has 2 aromatic heterocycles. The smallest absolute Gasteiger partial charge is 0.226 e. The van der Waals surface area contributed by atoms with Gasteiger partial charge in [-0.1, -0.05) is 30.3 Å². The number of fused-ring (bicyclic) bond motifs is 1. The normalized spacial score (nSPS) is 15.1. The largest absolute Gasteiger partial charge is 0.379 e. The molecule has 1 aliphatic rings. The Morgan fingerprint density at radius 3 is 2.62 bits per heavy atom. The number of morpholine rings is 1. The lowest BCUT2D eigenvalue weighted by atomic mass is 10.2. The van der Waals surface area contributed by atoms with Crippen molar-refractivity contribution in [3.63, 3.8) is 0 Å².